The van der Waals surface area contributed by atoms with Gasteiger partial charge in [0.15, 0.2) is 5.84 Å². The van der Waals surface area contributed by atoms with Crippen LogP contribution in [0.15, 0.2) is 17.3 Å². The summed E-state index contributed by atoms with van der Waals surface area (Å²) >= 11 is 1.72. The summed E-state index contributed by atoms with van der Waals surface area (Å²) in [4.78, 5) is 14.3. The Kier molecular flexibility index (Phi) is 5.15. The quantitative estimate of drug-likeness (QED) is 0.327. The largest absolute Gasteiger partial charge is 0.409 e. The van der Waals surface area contributed by atoms with Gasteiger partial charge in [0.1, 0.15) is 0 Å². The fourth-order valence-corrected chi connectivity index (χ4v) is 2.56. The van der Waals surface area contributed by atoms with Gasteiger partial charge in [-0.25, -0.2) is 0 Å². The van der Waals surface area contributed by atoms with Crippen molar-refractivity contribution in [3.05, 3.63) is 21.9 Å². The maximum absolute atomic E-state index is 11.8. The van der Waals surface area contributed by atoms with Crippen molar-refractivity contribution in [1.82, 2.24) is 5.32 Å². The van der Waals surface area contributed by atoms with Crippen molar-refractivity contribution >= 4 is 23.1 Å². The summed E-state index contributed by atoms with van der Waals surface area (Å²) in [5.74, 6) is -0.930. The number of nitrogens with two attached hydrogens (primary N) is 1. The third-order valence-electron chi connectivity index (χ3n) is 2.64. The molecule has 0 radical (unpaired) electrons. The summed E-state index contributed by atoms with van der Waals surface area (Å²) in [6.45, 7) is 5.59. The first kappa shape index (κ1) is 14.5. The van der Waals surface area contributed by atoms with Crippen molar-refractivity contribution in [3.63, 3.8) is 0 Å². The molecule has 0 aliphatic heterocycles. The molecule has 2 unspecified atom stereocenters. The average molecular weight is 269 g/mol. The van der Waals surface area contributed by atoms with E-state index in [9.17, 15) is 4.79 Å². The average Bonchev–Trinajstić information content (AvgIpc) is 2.72. The summed E-state index contributed by atoms with van der Waals surface area (Å²) in [5.41, 5.74) is 5.39. The molecule has 100 valence electrons. The van der Waals surface area contributed by atoms with E-state index < -0.39 is 5.92 Å². The molecule has 0 saturated heterocycles. The molecule has 0 fully saturated rings. The molecule has 1 heterocycles. The first-order valence-corrected chi connectivity index (χ1v) is 6.58. The SMILES string of the molecule is Cc1ccc(CC(C)NC(=O)C(C)C(N)=NO)s1. The Labute approximate surface area is 111 Å². The second-order valence-electron chi connectivity index (χ2n) is 4.37. The molecule has 0 aliphatic carbocycles. The highest BCUT2D eigenvalue weighted by Crippen LogP contribution is 2.16. The van der Waals surface area contributed by atoms with E-state index in [0.29, 0.717) is 0 Å². The minimum Gasteiger partial charge on any atom is -0.409 e. The van der Waals surface area contributed by atoms with Crippen molar-refractivity contribution < 1.29 is 10.0 Å². The molecule has 0 spiro atoms. The van der Waals surface area contributed by atoms with Crippen LogP contribution < -0.4 is 11.1 Å². The smallest absolute Gasteiger partial charge is 0.230 e. The van der Waals surface area contributed by atoms with Crippen LogP contribution in [0.4, 0.5) is 0 Å². The first-order chi connectivity index (χ1) is 8.43. The van der Waals surface area contributed by atoms with E-state index >= 15 is 0 Å². The van der Waals surface area contributed by atoms with Gasteiger partial charge in [-0.2, -0.15) is 0 Å². The van der Waals surface area contributed by atoms with Crippen LogP contribution in [0.3, 0.4) is 0 Å². The van der Waals surface area contributed by atoms with Gasteiger partial charge < -0.3 is 16.3 Å². The van der Waals surface area contributed by atoms with Crippen molar-refractivity contribution in [2.24, 2.45) is 16.8 Å². The number of oxime groups is 1. The molecule has 0 aromatic carbocycles. The number of thiophene rings is 1. The monoisotopic (exact) mass is 269 g/mol. The Morgan fingerprint density at radius 2 is 2.22 bits per heavy atom. The van der Waals surface area contributed by atoms with Gasteiger partial charge in [0, 0.05) is 22.2 Å². The third-order valence-corrected chi connectivity index (χ3v) is 3.67. The van der Waals surface area contributed by atoms with Crippen molar-refractivity contribution in [3.8, 4) is 0 Å². The highest BCUT2D eigenvalue weighted by atomic mass is 32.1. The van der Waals surface area contributed by atoms with E-state index in [1.54, 1.807) is 18.3 Å². The number of amidine groups is 1. The summed E-state index contributed by atoms with van der Waals surface area (Å²) < 4.78 is 0. The second-order valence-corrected chi connectivity index (χ2v) is 5.75. The van der Waals surface area contributed by atoms with E-state index in [-0.39, 0.29) is 17.8 Å². The van der Waals surface area contributed by atoms with Crippen molar-refractivity contribution in [1.29, 1.82) is 0 Å². The molecule has 5 nitrogen and oxygen atoms in total. The number of carbonyl (C=O) groups excluding carboxylic acids is 1. The Morgan fingerprint density at radius 3 is 2.72 bits per heavy atom. The van der Waals surface area contributed by atoms with E-state index in [4.69, 9.17) is 10.9 Å². The van der Waals surface area contributed by atoms with Crippen LogP contribution in [-0.2, 0) is 11.2 Å². The lowest BCUT2D eigenvalue weighted by Crippen LogP contribution is -2.42. The van der Waals surface area contributed by atoms with Crippen LogP contribution in [-0.4, -0.2) is 23.0 Å². The Morgan fingerprint density at radius 1 is 1.56 bits per heavy atom. The predicted molar refractivity (Wildman–Crippen MR) is 72.9 cm³/mol. The van der Waals surface area contributed by atoms with Gasteiger partial charge in [-0.05, 0) is 32.9 Å². The van der Waals surface area contributed by atoms with Crippen LogP contribution in [0, 0.1) is 12.8 Å². The lowest BCUT2D eigenvalue weighted by molar-refractivity contribution is -0.123. The fraction of sp³-hybridized carbons (Fsp3) is 0.500. The highest BCUT2D eigenvalue weighted by Gasteiger charge is 2.19. The van der Waals surface area contributed by atoms with Gasteiger partial charge in [-0.15, -0.1) is 11.3 Å². The molecule has 2 atom stereocenters. The van der Waals surface area contributed by atoms with E-state index in [1.165, 1.54) is 9.75 Å². The van der Waals surface area contributed by atoms with Crippen molar-refractivity contribution in [2.45, 2.75) is 33.2 Å². The van der Waals surface area contributed by atoms with Gasteiger partial charge >= 0.3 is 0 Å². The number of hydrogen-bond donors (Lipinski definition) is 3. The molecule has 4 N–H and O–H groups in total. The van der Waals surface area contributed by atoms with Gasteiger partial charge in [0.25, 0.3) is 0 Å². The van der Waals surface area contributed by atoms with Crippen LogP contribution in [0.2, 0.25) is 0 Å². The first-order valence-electron chi connectivity index (χ1n) is 5.77. The fourth-order valence-electron chi connectivity index (χ4n) is 1.54. The Balaban J connectivity index is 2.49. The minimum atomic E-state index is -0.623. The molecule has 0 saturated carbocycles. The molecule has 1 aromatic heterocycles. The zero-order valence-electron chi connectivity index (χ0n) is 10.8. The molecular weight excluding hydrogens is 250 g/mol. The lowest BCUT2D eigenvalue weighted by Gasteiger charge is -2.16. The van der Waals surface area contributed by atoms with E-state index in [1.807, 2.05) is 6.92 Å². The summed E-state index contributed by atoms with van der Waals surface area (Å²) in [6, 6.07) is 4.15. The van der Waals surface area contributed by atoms with Gasteiger partial charge in [0.2, 0.25) is 5.91 Å². The predicted octanol–water partition coefficient (Wildman–Crippen LogP) is 1.49. The van der Waals surface area contributed by atoms with Gasteiger partial charge in [-0.3, -0.25) is 4.79 Å². The zero-order chi connectivity index (χ0) is 13.7. The Hall–Kier alpha value is -1.56. The van der Waals surface area contributed by atoms with Gasteiger partial charge in [-0.1, -0.05) is 5.16 Å². The molecule has 6 heteroatoms. The van der Waals surface area contributed by atoms with Crippen molar-refractivity contribution in [2.75, 3.05) is 0 Å². The maximum atomic E-state index is 11.8. The molecular formula is C12H19N3O2S. The molecule has 18 heavy (non-hydrogen) atoms. The highest BCUT2D eigenvalue weighted by molar-refractivity contribution is 7.11. The van der Waals surface area contributed by atoms with Crippen LogP contribution in [0.25, 0.3) is 0 Å². The second kappa shape index (κ2) is 6.39. The molecule has 1 rings (SSSR count). The number of nitrogens with one attached hydrogen (secondary N) is 1. The summed E-state index contributed by atoms with van der Waals surface area (Å²) in [6.07, 6.45) is 0.785. The molecule has 1 amide bonds. The summed E-state index contributed by atoms with van der Waals surface area (Å²) in [7, 11) is 0. The third kappa shape index (κ3) is 4.03. The topological polar surface area (TPSA) is 87.7 Å². The zero-order valence-corrected chi connectivity index (χ0v) is 11.6. The number of hydrogen-bond acceptors (Lipinski definition) is 4. The molecule has 0 aliphatic rings. The number of carbonyl (C=O) groups is 1. The lowest BCUT2D eigenvalue weighted by atomic mass is 10.1. The molecule has 0 bridgehead atoms. The maximum Gasteiger partial charge on any atom is 0.230 e. The van der Waals surface area contributed by atoms with Crippen LogP contribution >= 0.6 is 11.3 Å². The van der Waals surface area contributed by atoms with Crippen LogP contribution in [0.1, 0.15) is 23.6 Å². The molecule has 1 aromatic rings. The number of aryl methyl sites for hydroxylation is 1. The van der Waals surface area contributed by atoms with E-state index in [0.717, 1.165) is 6.42 Å². The van der Waals surface area contributed by atoms with Gasteiger partial charge in [0.05, 0.1) is 5.92 Å². The minimum absolute atomic E-state index is 0.0180. The van der Waals surface area contributed by atoms with E-state index in [2.05, 4.69) is 29.5 Å². The standard InChI is InChI=1S/C12H19N3O2S/c1-7(6-10-5-4-8(2)18-10)14-12(16)9(3)11(13)15-17/h4-5,7,9,17H,6H2,1-3H3,(H2,13,15)(H,14,16). The number of amides is 1. The normalized spacial score (nSPS) is 15.2. The number of rotatable bonds is 5. The van der Waals surface area contributed by atoms with Crippen LogP contribution in [0.5, 0.6) is 0 Å². The summed E-state index contributed by atoms with van der Waals surface area (Å²) in [5, 5.41) is 14.2. The Bertz CT molecular complexity index is 442. The number of nitrogens with zero attached hydrogens (tertiary/aromatic N) is 1.